The Kier molecular flexibility index (Phi) is 5.90. The first-order valence-corrected chi connectivity index (χ1v) is 7.91. The SMILES string of the molecule is CCCCCNC(=O)CCN1CCCc2ccccc21. The van der Waals surface area contributed by atoms with Gasteiger partial charge in [0.1, 0.15) is 0 Å². The molecule has 0 unspecified atom stereocenters. The summed E-state index contributed by atoms with van der Waals surface area (Å²) in [6.45, 7) is 4.90. The van der Waals surface area contributed by atoms with Gasteiger partial charge in [-0.1, -0.05) is 38.0 Å². The van der Waals surface area contributed by atoms with Crippen LogP contribution in [0.2, 0.25) is 0 Å². The Morgan fingerprint density at radius 2 is 2.15 bits per heavy atom. The number of amides is 1. The summed E-state index contributed by atoms with van der Waals surface area (Å²) in [6, 6.07) is 8.56. The van der Waals surface area contributed by atoms with Crippen LogP contribution < -0.4 is 10.2 Å². The van der Waals surface area contributed by atoms with Gasteiger partial charge in [0.05, 0.1) is 0 Å². The van der Waals surface area contributed by atoms with Crippen LogP contribution in [0.25, 0.3) is 0 Å². The molecular weight excluding hydrogens is 248 g/mol. The van der Waals surface area contributed by atoms with Crippen molar-refractivity contribution in [3.63, 3.8) is 0 Å². The number of para-hydroxylation sites is 1. The van der Waals surface area contributed by atoms with E-state index < -0.39 is 0 Å². The molecule has 2 rings (SSSR count). The highest BCUT2D eigenvalue weighted by Gasteiger charge is 2.16. The van der Waals surface area contributed by atoms with Gasteiger partial charge in [-0.25, -0.2) is 0 Å². The van der Waals surface area contributed by atoms with E-state index in [-0.39, 0.29) is 5.91 Å². The fourth-order valence-corrected chi connectivity index (χ4v) is 2.77. The number of nitrogens with zero attached hydrogens (tertiary/aromatic N) is 1. The molecule has 20 heavy (non-hydrogen) atoms. The summed E-state index contributed by atoms with van der Waals surface area (Å²) in [5, 5.41) is 3.02. The van der Waals surface area contributed by atoms with E-state index in [0.29, 0.717) is 6.42 Å². The molecule has 1 aliphatic rings. The highest BCUT2D eigenvalue weighted by Crippen LogP contribution is 2.26. The minimum atomic E-state index is 0.184. The van der Waals surface area contributed by atoms with Crippen LogP contribution in [0.5, 0.6) is 0 Å². The normalized spacial score (nSPS) is 13.9. The molecule has 1 N–H and O–H groups in total. The average molecular weight is 274 g/mol. The maximum absolute atomic E-state index is 11.8. The van der Waals surface area contributed by atoms with Gasteiger partial charge in [-0.15, -0.1) is 0 Å². The second kappa shape index (κ2) is 7.93. The van der Waals surface area contributed by atoms with Gasteiger partial charge < -0.3 is 10.2 Å². The molecule has 1 aromatic carbocycles. The molecular formula is C17H26N2O. The van der Waals surface area contributed by atoms with E-state index in [2.05, 4.69) is 41.4 Å². The third kappa shape index (κ3) is 4.26. The molecule has 3 nitrogen and oxygen atoms in total. The Hall–Kier alpha value is -1.51. The molecule has 1 heterocycles. The summed E-state index contributed by atoms with van der Waals surface area (Å²) < 4.78 is 0. The van der Waals surface area contributed by atoms with E-state index in [4.69, 9.17) is 0 Å². The lowest BCUT2D eigenvalue weighted by molar-refractivity contribution is -0.120. The van der Waals surface area contributed by atoms with Gasteiger partial charge in [0.15, 0.2) is 0 Å². The zero-order valence-corrected chi connectivity index (χ0v) is 12.5. The van der Waals surface area contributed by atoms with Gasteiger partial charge in [-0.2, -0.15) is 0 Å². The number of anilines is 1. The van der Waals surface area contributed by atoms with Crippen LogP contribution in [0, 0.1) is 0 Å². The van der Waals surface area contributed by atoms with Crippen molar-refractivity contribution in [3.05, 3.63) is 29.8 Å². The first-order valence-electron chi connectivity index (χ1n) is 7.91. The van der Waals surface area contributed by atoms with Crippen molar-refractivity contribution in [2.75, 3.05) is 24.5 Å². The third-order valence-corrected chi connectivity index (χ3v) is 3.92. The number of hydrogen-bond donors (Lipinski definition) is 1. The van der Waals surface area contributed by atoms with E-state index in [1.807, 2.05) is 0 Å². The second-order valence-corrected chi connectivity index (χ2v) is 5.53. The largest absolute Gasteiger partial charge is 0.371 e. The quantitative estimate of drug-likeness (QED) is 0.775. The fourth-order valence-electron chi connectivity index (χ4n) is 2.77. The molecule has 0 fully saturated rings. The number of benzene rings is 1. The molecule has 1 aromatic rings. The van der Waals surface area contributed by atoms with Crippen molar-refractivity contribution < 1.29 is 4.79 Å². The van der Waals surface area contributed by atoms with Crippen LogP contribution in [-0.2, 0) is 11.2 Å². The number of hydrogen-bond acceptors (Lipinski definition) is 2. The van der Waals surface area contributed by atoms with Gasteiger partial charge in [-0.05, 0) is 30.9 Å². The van der Waals surface area contributed by atoms with Crippen LogP contribution in [0.4, 0.5) is 5.69 Å². The number of aryl methyl sites for hydroxylation is 1. The number of fused-ring (bicyclic) bond motifs is 1. The number of nitrogens with one attached hydrogen (secondary N) is 1. The van der Waals surface area contributed by atoms with Gasteiger partial charge in [-0.3, -0.25) is 4.79 Å². The van der Waals surface area contributed by atoms with Crippen molar-refractivity contribution in [3.8, 4) is 0 Å². The highest BCUT2D eigenvalue weighted by molar-refractivity contribution is 5.76. The molecule has 0 saturated heterocycles. The highest BCUT2D eigenvalue weighted by atomic mass is 16.1. The summed E-state index contributed by atoms with van der Waals surface area (Å²) in [5.74, 6) is 0.184. The first kappa shape index (κ1) is 14.9. The lowest BCUT2D eigenvalue weighted by Gasteiger charge is -2.31. The third-order valence-electron chi connectivity index (χ3n) is 3.92. The van der Waals surface area contributed by atoms with Gasteiger partial charge in [0.2, 0.25) is 5.91 Å². The summed E-state index contributed by atoms with van der Waals surface area (Å²) in [4.78, 5) is 14.2. The first-order chi connectivity index (χ1) is 9.81. The van der Waals surface area contributed by atoms with Crippen LogP contribution in [0.3, 0.4) is 0 Å². The average Bonchev–Trinajstić information content (AvgIpc) is 2.49. The molecule has 3 heteroatoms. The maximum atomic E-state index is 11.8. The Morgan fingerprint density at radius 3 is 3.00 bits per heavy atom. The Morgan fingerprint density at radius 1 is 1.30 bits per heavy atom. The second-order valence-electron chi connectivity index (χ2n) is 5.53. The summed E-state index contributed by atoms with van der Waals surface area (Å²) in [7, 11) is 0. The van der Waals surface area contributed by atoms with Gasteiger partial charge >= 0.3 is 0 Å². The molecule has 110 valence electrons. The molecule has 0 spiro atoms. The van der Waals surface area contributed by atoms with Crippen molar-refractivity contribution >= 4 is 11.6 Å². The lowest BCUT2D eigenvalue weighted by atomic mass is 10.0. The molecule has 1 amide bonds. The number of carbonyl (C=O) groups excluding carboxylic acids is 1. The topological polar surface area (TPSA) is 32.3 Å². The van der Waals surface area contributed by atoms with E-state index in [0.717, 1.165) is 32.5 Å². The van der Waals surface area contributed by atoms with Crippen molar-refractivity contribution in [2.45, 2.75) is 45.4 Å². The summed E-state index contributed by atoms with van der Waals surface area (Å²) in [6.07, 6.45) is 6.43. The lowest BCUT2D eigenvalue weighted by Crippen LogP contribution is -2.34. The Bertz CT molecular complexity index is 431. The monoisotopic (exact) mass is 274 g/mol. The summed E-state index contributed by atoms with van der Waals surface area (Å²) in [5.41, 5.74) is 2.74. The van der Waals surface area contributed by atoms with Crippen molar-refractivity contribution in [2.24, 2.45) is 0 Å². The molecule has 0 atom stereocenters. The predicted molar refractivity (Wildman–Crippen MR) is 84.1 cm³/mol. The zero-order valence-electron chi connectivity index (χ0n) is 12.5. The Labute approximate surface area is 122 Å². The van der Waals surface area contributed by atoms with Crippen LogP contribution >= 0.6 is 0 Å². The van der Waals surface area contributed by atoms with Crippen LogP contribution in [-0.4, -0.2) is 25.5 Å². The summed E-state index contributed by atoms with van der Waals surface area (Å²) >= 11 is 0. The van der Waals surface area contributed by atoms with Crippen LogP contribution in [0.15, 0.2) is 24.3 Å². The van der Waals surface area contributed by atoms with Crippen molar-refractivity contribution in [1.82, 2.24) is 5.32 Å². The smallest absolute Gasteiger partial charge is 0.221 e. The maximum Gasteiger partial charge on any atom is 0.221 e. The van der Waals surface area contributed by atoms with Crippen LogP contribution in [0.1, 0.15) is 44.6 Å². The molecule has 1 aliphatic heterocycles. The molecule has 0 aliphatic carbocycles. The zero-order chi connectivity index (χ0) is 14.2. The molecule has 0 radical (unpaired) electrons. The fraction of sp³-hybridized carbons (Fsp3) is 0.588. The predicted octanol–water partition coefficient (Wildman–Crippen LogP) is 3.14. The minimum Gasteiger partial charge on any atom is -0.371 e. The number of rotatable bonds is 7. The molecule has 0 saturated carbocycles. The Balaban J connectivity index is 1.76. The minimum absolute atomic E-state index is 0.184. The van der Waals surface area contributed by atoms with E-state index in [1.54, 1.807) is 0 Å². The van der Waals surface area contributed by atoms with Crippen molar-refractivity contribution in [1.29, 1.82) is 0 Å². The number of carbonyl (C=O) groups is 1. The van der Waals surface area contributed by atoms with Gasteiger partial charge in [0.25, 0.3) is 0 Å². The van der Waals surface area contributed by atoms with E-state index >= 15 is 0 Å². The number of unbranched alkanes of at least 4 members (excludes halogenated alkanes) is 2. The molecule has 0 bridgehead atoms. The molecule has 0 aromatic heterocycles. The van der Waals surface area contributed by atoms with Gasteiger partial charge in [0, 0.05) is 31.7 Å². The standard InChI is InChI=1S/C17H26N2O/c1-2-3-6-12-18-17(20)11-14-19-13-7-9-15-8-4-5-10-16(15)19/h4-5,8,10H,2-3,6-7,9,11-14H2,1H3,(H,18,20). The van der Waals surface area contributed by atoms with E-state index in [9.17, 15) is 4.79 Å². The van der Waals surface area contributed by atoms with E-state index in [1.165, 1.54) is 30.5 Å².